The molecule has 1 saturated heterocycles. The lowest BCUT2D eigenvalue weighted by molar-refractivity contribution is -0.144. The molecule has 1 unspecified atom stereocenters. The van der Waals surface area contributed by atoms with Gasteiger partial charge in [-0.15, -0.1) is 0 Å². The Hall–Kier alpha value is -2.09. The van der Waals surface area contributed by atoms with E-state index in [1.165, 1.54) is 11.1 Å². The standard InChI is InChI=1S/C19H20O2/c1-13-8-10-16(11-9-13)18-14(2)17(19(20)21-18)12-15-6-4-3-5-7-15/h3-11,14,17-18H,12H2,1-2H3/t14-,17?,18-/m1/s1. The van der Waals surface area contributed by atoms with Crippen LogP contribution in [0.3, 0.4) is 0 Å². The summed E-state index contributed by atoms with van der Waals surface area (Å²) in [4.78, 5) is 12.2. The summed E-state index contributed by atoms with van der Waals surface area (Å²) in [5, 5.41) is 0. The first kappa shape index (κ1) is 13.9. The first-order valence-electron chi connectivity index (χ1n) is 7.46. The van der Waals surface area contributed by atoms with Crippen LogP contribution in [0.5, 0.6) is 0 Å². The minimum Gasteiger partial charge on any atom is -0.457 e. The molecular formula is C19H20O2. The Bertz CT molecular complexity index is 616. The molecule has 1 fully saturated rings. The number of benzene rings is 2. The molecule has 0 radical (unpaired) electrons. The Kier molecular flexibility index (Phi) is 3.78. The van der Waals surface area contributed by atoms with Crippen molar-refractivity contribution in [2.45, 2.75) is 26.4 Å². The molecule has 0 spiro atoms. The number of aryl methyl sites for hydroxylation is 1. The predicted octanol–water partition coefficient (Wildman–Crippen LogP) is 4.09. The second-order valence-electron chi connectivity index (χ2n) is 5.92. The Morgan fingerprint density at radius 2 is 1.67 bits per heavy atom. The summed E-state index contributed by atoms with van der Waals surface area (Å²) in [5.74, 6) is 0.0658. The topological polar surface area (TPSA) is 26.3 Å². The summed E-state index contributed by atoms with van der Waals surface area (Å²) in [6, 6.07) is 18.4. The summed E-state index contributed by atoms with van der Waals surface area (Å²) in [6.07, 6.45) is 0.634. The Morgan fingerprint density at radius 1 is 1.00 bits per heavy atom. The van der Waals surface area contributed by atoms with Crippen LogP contribution < -0.4 is 0 Å². The van der Waals surface area contributed by atoms with E-state index >= 15 is 0 Å². The van der Waals surface area contributed by atoms with Gasteiger partial charge >= 0.3 is 5.97 Å². The molecule has 0 saturated carbocycles. The van der Waals surface area contributed by atoms with E-state index in [0.717, 1.165) is 12.0 Å². The number of hydrogen-bond donors (Lipinski definition) is 0. The fourth-order valence-electron chi connectivity index (χ4n) is 3.01. The van der Waals surface area contributed by atoms with Crippen LogP contribution in [0.4, 0.5) is 0 Å². The van der Waals surface area contributed by atoms with E-state index in [4.69, 9.17) is 4.74 Å². The first-order chi connectivity index (χ1) is 10.1. The van der Waals surface area contributed by atoms with Crippen LogP contribution >= 0.6 is 0 Å². The van der Waals surface area contributed by atoms with E-state index in [1.807, 2.05) is 18.2 Å². The van der Waals surface area contributed by atoms with Gasteiger partial charge in [-0.05, 0) is 24.5 Å². The maximum Gasteiger partial charge on any atom is 0.310 e. The van der Waals surface area contributed by atoms with Crippen molar-refractivity contribution in [3.63, 3.8) is 0 Å². The summed E-state index contributed by atoms with van der Waals surface area (Å²) < 4.78 is 5.65. The maximum atomic E-state index is 12.2. The second kappa shape index (κ2) is 5.72. The van der Waals surface area contributed by atoms with Gasteiger partial charge < -0.3 is 4.74 Å². The van der Waals surface area contributed by atoms with Crippen molar-refractivity contribution in [1.82, 2.24) is 0 Å². The van der Waals surface area contributed by atoms with Crippen LogP contribution in [-0.2, 0) is 16.0 Å². The van der Waals surface area contributed by atoms with Gasteiger partial charge in [0.1, 0.15) is 6.10 Å². The van der Waals surface area contributed by atoms with Gasteiger partial charge in [0.25, 0.3) is 0 Å². The molecule has 1 aliphatic heterocycles. The lowest BCUT2D eigenvalue weighted by atomic mass is 9.85. The largest absolute Gasteiger partial charge is 0.457 e. The van der Waals surface area contributed by atoms with Crippen molar-refractivity contribution < 1.29 is 9.53 Å². The molecule has 3 atom stereocenters. The van der Waals surface area contributed by atoms with Gasteiger partial charge in [0.2, 0.25) is 0 Å². The number of cyclic esters (lactones) is 1. The first-order valence-corrected chi connectivity index (χ1v) is 7.46. The summed E-state index contributed by atoms with van der Waals surface area (Å²) in [7, 11) is 0. The molecule has 2 aromatic rings. The number of hydrogen-bond acceptors (Lipinski definition) is 2. The van der Waals surface area contributed by atoms with Crippen molar-refractivity contribution in [1.29, 1.82) is 0 Å². The Balaban J connectivity index is 1.79. The third-order valence-electron chi connectivity index (χ3n) is 4.36. The summed E-state index contributed by atoms with van der Waals surface area (Å²) in [5.41, 5.74) is 3.50. The van der Waals surface area contributed by atoms with Crippen LogP contribution in [0.2, 0.25) is 0 Å². The quantitative estimate of drug-likeness (QED) is 0.792. The zero-order valence-corrected chi connectivity index (χ0v) is 12.5. The number of carbonyl (C=O) groups is 1. The molecule has 0 amide bonds. The highest BCUT2D eigenvalue weighted by molar-refractivity contribution is 5.76. The fourth-order valence-corrected chi connectivity index (χ4v) is 3.01. The molecule has 0 N–H and O–H groups in total. The highest BCUT2D eigenvalue weighted by Crippen LogP contribution is 2.40. The molecule has 3 rings (SSSR count). The van der Waals surface area contributed by atoms with Crippen molar-refractivity contribution in [3.8, 4) is 0 Å². The minimum atomic E-state index is -0.119. The van der Waals surface area contributed by atoms with E-state index < -0.39 is 0 Å². The van der Waals surface area contributed by atoms with E-state index in [1.54, 1.807) is 0 Å². The lowest BCUT2D eigenvalue weighted by Crippen LogP contribution is -2.17. The zero-order valence-electron chi connectivity index (χ0n) is 12.5. The predicted molar refractivity (Wildman–Crippen MR) is 82.8 cm³/mol. The fraction of sp³-hybridized carbons (Fsp3) is 0.316. The SMILES string of the molecule is Cc1ccc([C@@H]2OC(=O)C(Cc3ccccc3)[C@H]2C)cc1. The van der Waals surface area contributed by atoms with Crippen LogP contribution in [-0.4, -0.2) is 5.97 Å². The molecule has 1 aliphatic rings. The molecule has 0 bridgehead atoms. The van der Waals surface area contributed by atoms with Gasteiger partial charge in [-0.2, -0.15) is 0 Å². The molecule has 1 heterocycles. The second-order valence-corrected chi connectivity index (χ2v) is 5.92. The maximum absolute atomic E-state index is 12.2. The Labute approximate surface area is 125 Å². The molecule has 108 valence electrons. The highest BCUT2D eigenvalue weighted by atomic mass is 16.6. The van der Waals surface area contributed by atoms with Gasteiger partial charge in [0.15, 0.2) is 0 Å². The van der Waals surface area contributed by atoms with Crippen molar-refractivity contribution >= 4 is 5.97 Å². The molecular weight excluding hydrogens is 260 g/mol. The Morgan fingerprint density at radius 3 is 2.33 bits per heavy atom. The smallest absolute Gasteiger partial charge is 0.310 e. The van der Waals surface area contributed by atoms with Gasteiger partial charge in [-0.1, -0.05) is 67.1 Å². The number of ether oxygens (including phenoxy) is 1. The van der Waals surface area contributed by atoms with E-state index in [0.29, 0.717) is 0 Å². The zero-order chi connectivity index (χ0) is 14.8. The van der Waals surface area contributed by atoms with Gasteiger partial charge in [-0.25, -0.2) is 0 Å². The lowest BCUT2D eigenvalue weighted by Gasteiger charge is -2.17. The summed E-state index contributed by atoms with van der Waals surface area (Å²) in [6.45, 7) is 4.18. The average Bonchev–Trinajstić information content (AvgIpc) is 2.77. The van der Waals surface area contributed by atoms with E-state index in [-0.39, 0.29) is 23.9 Å². The molecule has 0 aliphatic carbocycles. The third-order valence-corrected chi connectivity index (χ3v) is 4.36. The molecule has 2 aromatic carbocycles. The normalized spacial score (nSPS) is 24.9. The highest BCUT2D eigenvalue weighted by Gasteiger charge is 2.42. The molecule has 2 nitrogen and oxygen atoms in total. The summed E-state index contributed by atoms with van der Waals surface area (Å²) >= 11 is 0. The van der Waals surface area contributed by atoms with Gasteiger partial charge in [-0.3, -0.25) is 4.79 Å². The van der Waals surface area contributed by atoms with Gasteiger partial charge in [0.05, 0.1) is 5.92 Å². The van der Waals surface area contributed by atoms with Gasteiger partial charge in [0, 0.05) is 5.92 Å². The average molecular weight is 280 g/mol. The van der Waals surface area contributed by atoms with Crippen molar-refractivity contribution in [3.05, 3.63) is 71.3 Å². The third kappa shape index (κ3) is 2.85. The molecule has 0 aromatic heterocycles. The minimum absolute atomic E-state index is 0.0568. The van der Waals surface area contributed by atoms with Crippen LogP contribution in [0.15, 0.2) is 54.6 Å². The number of esters is 1. The van der Waals surface area contributed by atoms with Crippen LogP contribution in [0, 0.1) is 18.8 Å². The van der Waals surface area contributed by atoms with Crippen molar-refractivity contribution in [2.24, 2.45) is 11.8 Å². The van der Waals surface area contributed by atoms with E-state index in [9.17, 15) is 4.79 Å². The number of rotatable bonds is 3. The monoisotopic (exact) mass is 280 g/mol. The number of carbonyl (C=O) groups excluding carboxylic acids is 1. The van der Waals surface area contributed by atoms with Crippen LogP contribution in [0.1, 0.15) is 29.7 Å². The van der Waals surface area contributed by atoms with Crippen molar-refractivity contribution in [2.75, 3.05) is 0 Å². The van der Waals surface area contributed by atoms with E-state index in [2.05, 4.69) is 50.2 Å². The van der Waals surface area contributed by atoms with Crippen LogP contribution in [0.25, 0.3) is 0 Å². The molecule has 2 heteroatoms. The molecule has 21 heavy (non-hydrogen) atoms.